The molecule has 2 amide bonds. The van der Waals surface area contributed by atoms with Crippen molar-refractivity contribution in [1.82, 2.24) is 4.90 Å². The second kappa shape index (κ2) is 7.84. The monoisotopic (exact) mass is 391 g/mol. The predicted molar refractivity (Wildman–Crippen MR) is 92.3 cm³/mol. The van der Waals surface area contributed by atoms with Crippen LogP contribution in [-0.4, -0.2) is 29.2 Å². The fourth-order valence-electron chi connectivity index (χ4n) is 2.90. The van der Waals surface area contributed by atoms with Gasteiger partial charge in [-0.1, -0.05) is 24.3 Å². The number of fused-ring (bicyclic) bond motifs is 1. The van der Waals surface area contributed by atoms with Gasteiger partial charge in [-0.05, 0) is 36.2 Å². The number of imide groups is 1. The predicted octanol–water partition coefficient (Wildman–Crippen LogP) is 3.83. The first-order valence-electron chi connectivity index (χ1n) is 8.54. The van der Waals surface area contributed by atoms with Gasteiger partial charge in [0.05, 0.1) is 16.7 Å². The van der Waals surface area contributed by atoms with Crippen LogP contribution in [-0.2, 0) is 22.3 Å². The number of alkyl halides is 3. The van der Waals surface area contributed by atoms with Crippen molar-refractivity contribution in [2.75, 3.05) is 6.54 Å². The molecule has 2 aromatic rings. The quantitative estimate of drug-likeness (QED) is 0.555. The highest BCUT2D eigenvalue weighted by molar-refractivity contribution is 6.21. The lowest BCUT2D eigenvalue weighted by Crippen LogP contribution is -2.31. The number of esters is 1. The first-order valence-corrected chi connectivity index (χ1v) is 8.54. The van der Waals surface area contributed by atoms with Crippen LogP contribution in [0.3, 0.4) is 0 Å². The number of hydrogen-bond acceptors (Lipinski definition) is 4. The Hall–Kier alpha value is -3.16. The molecule has 0 radical (unpaired) electrons. The van der Waals surface area contributed by atoms with E-state index in [1.54, 1.807) is 24.3 Å². The highest BCUT2D eigenvalue weighted by Crippen LogP contribution is 2.29. The minimum Gasteiger partial charge on any atom is -0.461 e. The van der Waals surface area contributed by atoms with Crippen LogP contribution >= 0.6 is 0 Å². The topological polar surface area (TPSA) is 63.7 Å². The van der Waals surface area contributed by atoms with E-state index in [1.165, 1.54) is 12.1 Å². The number of nitrogens with zero attached hydrogens (tertiary/aromatic N) is 1. The second-order valence-electron chi connectivity index (χ2n) is 6.27. The van der Waals surface area contributed by atoms with Gasteiger partial charge in [-0.3, -0.25) is 19.3 Å². The van der Waals surface area contributed by atoms with E-state index in [0.717, 1.165) is 17.0 Å². The zero-order chi connectivity index (χ0) is 20.3. The number of rotatable bonds is 6. The van der Waals surface area contributed by atoms with E-state index in [9.17, 15) is 27.6 Å². The number of carbonyl (C=O) groups excluding carboxylic acids is 3. The molecule has 1 aliphatic heterocycles. The highest BCUT2D eigenvalue weighted by Gasteiger charge is 2.34. The average Bonchev–Trinajstić information content (AvgIpc) is 2.91. The molecule has 0 N–H and O–H groups in total. The van der Waals surface area contributed by atoms with Crippen LogP contribution < -0.4 is 0 Å². The van der Waals surface area contributed by atoms with Crippen LogP contribution in [0, 0.1) is 0 Å². The zero-order valence-corrected chi connectivity index (χ0v) is 14.7. The molecule has 0 saturated heterocycles. The molecule has 8 heteroatoms. The van der Waals surface area contributed by atoms with Crippen LogP contribution in [0.1, 0.15) is 44.7 Å². The smallest absolute Gasteiger partial charge is 0.416 e. The van der Waals surface area contributed by atoms with Gasteiger partial charge in [0.15, 0.2) is 0 Å². The van der Waals surface area contributed by atoms with Gasteiger partial charge in [0, 0.05) is 13.0 Å². The Balaban J connectivity index is 1.47. The minimum absolute atomic E-state index is 0.0605. The van der Waals surface area contributed by atoms with Gasteiger partial charge >= 0.3 is 12.1 Å². The van der Waals surface area contributed by atoms with Crippen LogP contribution in [0.4, 0.5) is 13.2 Å². The maximum absolute atomic E-state index is 12.7. The standard InChI is InChI=1S/C20H16F3NO4/c21-20(22,23)14-6-3-5-13(11-14)12-28-17(25)9-4-10-24-18(26)15-7-1-2-8-16(15)19(24)27/h1-3,5-8,11H,4,9-10,12H2. The van der Waals surface area contributed by atoms with Crippen molar-refractivity contribution >= 4 is 17.8 Å². The summed E-state index contributed by atoms with van der Waals surface area (Å²) in [6.45, 7) is -0.221. The summed E-state index contributed by atoms with van der Waals surface area (Å²) >= 11 is 0. The average molecular weight is 391 g/mol. The molecule has 0 atom stereocenters. The number of carbonyl (C=O) groups is 3. The summed E-state index contributed by atoms with van der Waals surface area (Å²) in [6, 6.07) is 11.0. The molecule has 0 aliphatic carbocycles. The third-order valence-corrected chi connectivity index (χ3v) is 4.29. The van der Waals surface area contributed by atoms with Gasteiger partial charge in [-0.15, -0.1) is 0 Å². The molecule has 0 spiro atoms. The first kappa shape index (κ1) is 19.6. The normalized spacial score (nSPS) is 13.6. The van der Waals surface area contributed by atoms with E-state index >= 15 is 0 Å². The summed E-state index contributed by atoms with van der Waals surface area (Å²) in [6.07, 6.45) is -4.33. The molecular weight excluding hydrogens is 375 g/mol. The van der Waals surface area contributed by atoms with Crippen LogP contribution in [0.5, 0.6) is 0 Å². The molecule has 5 nitrogen and oxygen atoms in total. The zero-order valence-electron chi connectivity index (χ0n) is 14.7. The number of amides is 2. The molecule has 146 valence electrons. The van der Waals surface area contributed by atoms with Crippen LogP contribution in [0.2, 0.25) is 0 Å². The summed E-state index contributed by atoms with van der Waals surface area (Å²) in [5.41, 5.74) is 0.0782. The van der Waals surface area contributed by atoms with Crippen molar-refractivity contribution in [3.05, 3.63) is 70.8 Å². The van der Waals surface area contributed by atoms with Gasteiger partial charge in [0.1, 0.15) is 6.61 Å². The number of ether oxygens (including phenoxy) is 1. The van der Waals surface area contributed by atoms with Gasteiger partial charge in [0.25, 0.3) is 11.8 Å². The summed E-state index contributed by atoms with van der Waals surface area (Å²) in [4.78, 5) is 37.3. The maximum Gasteiger partial charge on any atom is 0.416 e. The van der Waals surface area contributed by atoms with E-state index < -0.39 is 29.5 Å². The first-order chi connectivity index (χ1) is 13.3. The Labute approximate surface area is 158 Å². The molecule has 3 rings (SSSR count). The summed E-state index contributed by atoms with van der Waals surface area (Å²) < 4.78 is 43.0. The molecule has 0 fully saturated rings. The second-order valence-corrected chi connectivity index (χ2v) is 6.27. The van der Waals surface area contributed by atoms with Gasteiger partial charge in [-0.25, -0.2) is 0 Å². The Morgan fingerprint density at radius 3 is 2.21 bits per heavy atom. The largest absolute Gasteiger partial charge is 0.461 e. The number of benzene rings is 2. The van der Waals surface area contributed by atoms with E-state index in [0.29, 0.717) is 11.1 Å². The third-order valence-electron chi connectivity index (χ3n) is 4.29. The van der Waals surface area contributed by atoms with E-state index in [1.807, 2.05) is 0 Å². The van der Waals surface area contributed by atoms with Crippen molar-refractivity contribution in [3.8, 4) is 0 Å². The van der Waals surface area contributed by atoms with Crippen molar-refractivity contribution in [1.29, 1.82) is 0 Å². The third kappa shape index (κ3) is 4.21. The fourth-order valence-corrected chi connectivity index (χ4v) is 2.90. The van der Waals surface area contributed by atoms with Crippen molar-refractivity contribution < 1.29 is 32.3 Å². The Morgan fingerprint density at radius 1 is 0.964 bits per heavy atom. The van der Waals surface area contributed by atoms with Crippen molar-refractivity contribution in [2.24, 2.45) is 0 Å². The van der Waals surface area contributed by atoms with Crippen molar-refractivity contribution in [2.45, 2.75) is 25.6 Å². The number of hydrogen-bond donors (Lipinski definition) is 0. The fraction of sp³-hybridized carbons (Fsp3) is 0.250. The molecule has 2 aromatic carbocycles. The molecule has 0 aromatic heterocycles. The van der Waals surface area contributed by atoms with Crippen LogP contribution in [0.25, 0.3) is 0 Å². The number of halogens is 3. The summed E-state index contributed by atoms with van der Waals surface area (Å²) in [5, 5.41) is 0. The van der Waals surface area contributed by atoms with Gasteiger partial charge in [0.2, 0.25) is 0 Å². The Kier molecular flexibility index (Phi) is 5.48. The summed E-state index contributed by atoms with van der Waals surface area (Å²) in [7, 11) is 0. The Morgan fingerprint density at radius 2 is 1.61 bits per heavy atom. The van der Waals surface area contributed by atoms with Crippen molar-refractivity contribution in [3.63, 3.8) is 0 Å². The SMILES string of the molecule is O=C(CCCN1C(=O)c2ccccc2C1=O)OCc1cccc(C(F)(F)F)c1. The lowest BCUT2D eigenvalue weighted by atomic mass is 10.1. The van der Waals surface area contributed by atoms with E-state index in [2.05, 4.69) is 0 Å². The molecular formula is C20H16F3NO4. The van der Waals surface area contributed by atoms with Crippen LogP contribution in [0.15, 0.2) is 48.5 Å². The minimum atomic E-state index is -4.47. The molecule has 0 bridgehead atoms. The van der Waals surface area contributed by atoms with Gasteiger partial charge in [-0.2, -0.15) is 13.2 Å². The molecule has 0 saturated carbocycles. The highest BCUT2D eigenvalue weighted by atomic mass is 19.4. The summed E-state index contributed by atoms with van der Waals surface area (Å²) in [5.74, 6) is -1.43. The lowest BCUT2D eigenvalue weighted by molar-refractivity contribution is -0.145. The van der Waals surface area contributed by atoms with E-state index in [4.69, 9.17) is 4.74 Å². The molecule has 1 aliphatic rings. The molecule has 28 heavy (non-hydrogen) atoms. The van der Waals surface area contributed by atoms with E-state index in [-0.39, 0.29) is 31.6 Å². The molecule has 0 unspecified atom stereocenters. The lowest BCUT2D eigenvalue weighted by Gasteiger charge is -2.13. The van der Waals surface area contributed by atoms with Gasteiger partial charge < -0.3 is 4.74 Å². The molecule has 1 heterocycles. The Bertz CT molecular complexity index is 889. The maximum atomic E-state index is 12.7.